The quantitative estimate of drug-likeness (QED) is 0.858. The molecule has 0 spiro atoms. The van der Waals surface area contributed by atoms with Crippen LogP contribution in [-0.4, -0.2) is 36.2 Å². The van der Waals surface area contributed by atoms with Gasteiger partial charge in [0.05, 0.1) is 6.61 Å². The smallest absolute Gasteiger partial charge is 0.0701 e. The summed E-state index contributed by atoms with van der Waals surface area (Å²) in [6.07, 6.45) is 2.51. The second-order valence-corrected chi connectivity index (χ2v) is 5.39. The van der Waals surface area contributed by atoms with E-state index in [1.165, 1.54) is 25.9 Å². The zero-order valence-electron chi connectivity index (χ0n) is 11.4. The number of rotatable bonds is 4. The molecular weight excluding hydrogens is 224 g/mol. The summed E-state index contributed by atoms with van der Waals surface area (Å²) in [6.45, 7) is 4.74. The van der Waals surface area contributed by atoms with Crippen molar-refractivity contribution in [1.29, 1.82) is 0 Å². The fraction of sp³-hybridized carbons (Fsp3) is 0.600. The molecular formula is C15H24N2O. The molecule has 1 aromatic rings. The molecule has 0 aromatic heterocycles. The maximum absolute atomic E-state index is 9.33. The van der Waals surface area contributed by atoms with Gasteiger partial charge in [-0.1, -0.05) is 18.2 Å². The number of nitrogens with one attached hydrogen (secondary N) is 1. The van der Waals surface area contributed by atoms with Crippen molar-refractivity contribution < 1.29 is 5.11 Å². The van der Waals surface area contributed by atoms with Crippen molar-refractivity contribution in [2.75, 3.05) is 25.5 Å². The highest BCUT2D eigenvalue weighted by Crippen LogP contribution is 2.24. The molecule has 1 unspecified atom stereocenters. The molecule has 1 atom stereocenters. The Hall–Kier alpha value is -1.06. The van der Waals surface area contributed by atoms with Gasteiger partial charge in [0, 0.05) is 17.3 Å². The predicted molar refractivity (Wildman–Crippen MR) is 75.7 cm³/mol. The molecule has 100 valence electrons. The van der Waals surface area contributed by atoms with Gasteiger partial charge in [0.25, 0.3) is 0 Å². The number of aliphatic hydroxyl groups is 1. The number of para-hydroxylation sites is 1. The number of hydrogen-bond donors (Lipinski definition) is 2. The molecule has 0 aliphatic carbocycles. The van der Waals surface area contributed by atoms with E-state index in [0.717, 1.165) is 17.2 Å². The summed E-state index contributed by atoms with van der Waals surface area (Å²) >= 11 is 0. The maximum Gasteiger partial charge on any atom is 0.0701 e. The lowest BCUT2D eigenvalue weighted by Crippen LogP contribution is -2.37. The van der Waals surface area contributed by atoms with Crippen LogP contribution in [-0.2, 0) is 6.61 Å². The molecule has 0 bridgehead atoms. The normalized spacial score (nSPS) is 19.7. The fourth-order valence-electron chi connectivity index (χ4n) is 2.69. The van der Waals surface area contributed by atoms with Gasteiger partial charge < -0.3 is 15.3 Å². The van der Waals surface area contributed by atoms with Gasteiger partial charge in [0.15, 0.2) is 0 Å². The largest absolute Gasteiger partial charge is 0.392 e. The van der Waals surface area contributed by atoms with Crippen LogP contribution in [0.1, 0.15) is 25.3 Å². The van der Waals surface area contributed by atoms with E-state index < -0.39 is 0 Å². The van der Waals surface area contributed by atoms with E-state index in [0.29, 0.717) is 6.04 Å². The Morgan fingerprint density at radius 3 is 2.67 bits per heavy atom. The van der Waals surface area contributed by atoms with Gasteiger partial charge in [-0.25, -0.2) is 0 Å². The number of hydrogen-bond acceptors (Lipinski definition) is 3. The molecule has 1 aliphatic heterocycles. The molecule has 3 heteroatoms. The number of anilines is 1. The van der Waals surface area contributed by atoms with Gasteiger partial charge in [-0.3, -0.25) is 0 Å². The lowest BCUT2D eigenvalue weighted by Gasteiger charge is -2.33. The van der Waals surface area contributed by atoms with E-state index in [9.17, 15) is 5.11 Å². The Balaban J connectivity index is 1.96. The van der Waals surface area contributed by atoms with Crippen molar-refractivity contribution in [2.45, 2.75) is 32.4 Å². The third-order valence-corrected chi connectivity index (χ3v) is 4.04. The second kappa shape index (κ2) is 6.21. The number of aliphatic hydroxyl groups excluding tert-OH is 1. The van der Waals surface area contributed by atoms with Crippen molar-refractivity contribution in [3.05, 3.63) is 29.8 Å². The molecule has 0 radical (unpaired) electrons. The van der Waals surface area contributed by atoms with Crippen molar-refractivity contribution in [3.8, 4) is 0 Å². The molecule has 2 N–H and O–H groups in total. The molecule has 1 aromatic carbocycles. The summed E-state index contributed by atoms with van der Waals surface area (Å²) in [5, 5.41) is 12.9. The van der Waals surface area contributed by atoms with Crippen LogP contribution >= 0.6 is 0 Å². The number of piperidine rings is 1. The zero-order chi connectivity index (χ0) is 13.0. The first-order chi connectivity index (χ1) is 8.70. The van der Waals surface area contributed by atoms with E-state index >= 15 is 0 Å². The zero-order valence-corrected chi connectivity index (χ0v) is 11.4. The van der Waals surface area contributed by atoms with E-state index in [2.05, 4.69) is 30.3 Å². The van der Waals surface area contributed by atoms with E-state index in [1.807, 2.05) is 18.2 Å². The lowest BCUT2D eigenvalue weighted by molar-refractivity contribution is 0.208. The predicted octanol–water partition coefficient (Wildman–Crippen LogP) is 2.32. The summed E-state index contributed by atoms with van der Waals surface area (Å²) < 4.78 is 0. The molecule has 18 heavy (non-hydrogen) atoms. The summed E-state index contributed by atoms with van der Waals surface area (Å²) in [4.78, 5) is 2.39. The highest BCUT2D eigenvalue weighted by atomic mass is 16.3. The standard InChI is InChI=1S/C15H24N2O/c1-12(13-7-9-17(2)10-8-13)16-15-6-4-3-5-14(15)11-18/h3-6,12-13,16,18H,7-11H2,1-2H3. The number of benzene rings is 1. The van der Waals surface area contributed by atoms with Crippen molar-refractivity contribution in [3.63, 3.8) is 0 Å². The first kappa shape index (κ1) is 13.4. The SMILES string of the molecule is CC(Nc1ccccc1CO)C1CCN(C)CC1. The Morgan fingerprint density at radius 2 is 2.00 bits per heavy atom. The molecule has 3 nitrogen and oxygen atoms in total. The fourth-order valence-corrected chi connectivity index (χ4v) is 2.69. The van der Waals surface area contributed by atoms with Gasteiger partial charge in [0.2, 0.25) is 0 Å². The molecule has 1 fully saturated rings. The monoisotopic (exact) mass is 248 g/mol. The van der Waals surface area contributed by atoms with Crippen LogP contribution in [0, 0.1) is 5.92 Å². The van der Waals surface area contributed by atoms with Gasteiger partial charge >= 0.3 is 0 Å². The molecule has 2 rings (SSSR count). The van der Waals surface area contributed by atoms with Crippen LogP contribution in [0.2, 0.25) is 0 Å². The summed E-state index contributed by atoms with van der Waals surface area (Å²) in [5.41, 5.74) is 2.06. The number of nitrogens with zero attached hydrogens (tertiary/aromatic N) is 1. The van der Waals surface area contributed by atoms with Gasteiger partial charge in [0.1, 0.15) is 0 Å². The average Bonchev–Trinajstić information content (AvgIpc) is 2.40. The van der Waals surface area contributed by atoms with E-state index in [-0.39, 0.29) is 6.61 Å². The number of likely N-dealkylation sites (tertiary alicyclic amines) is 1. The minimum absolute atomic E-state index is 0.100. The van der Waals surface area contributed by atoms with E-state index in [4.69, 9.17) is 0 Å². The van der Waals surface area contributed by atoms with Crippen LogP contribution in [0.4, 0.5) is 5.69 Å². The summed E-state index contributed by atoms with van der Waals surface area (Å²) in [7, 11) is 2.19. The van der Waals surface area contributed by atoms with Crippen molar-refractivity contribution >= 4 is 5.69 Å². The Morgan fingerprint density at radius 1 is 1.33 bits per heavy atom. The average molecular weight is 248 g/mol. The Kier molecular flexibility index (Phi) is 4.61. The third-order valence-electron chi connectivity index (χ3n) is 4.04. The van der Waals surface area contributed by atoms with Crippen LogP contribution in [0.15, 0.2) is 24.3 Å². The summed E-state index contributed by atoms with van der Waals surface area (Å²) in [5.74, 6) is 0.730. The molecule has 1 aliphatic rings. The molecule has 1 saturated heterocycles. The van der Waals surface area contributed by atoms with Crippen LogP contribution in [0.3, 0.4) is 0 Å². The third kappa shape index (κ3) is 3.24. The highest BCUT2D eigenvalue weighted by molar-refractivity contribution is 5.51. The molecule has 0 saturated carbocycles. The Labute approximate surface area is 110 Å². The van der Waals surface area contributed by atoms with Gasteiger partial charge in [-0.15, -0.1) is 0 Å². The van der Waals surface area contributed by atoms with Gasteiger partial charge in [-0.2, -0.15) is 0 Å². The van der Waals surface area contributed by atoms with Crippen LogP contribution in [0.5, 0.6) is 0 Å². The second-order valence-electron chi connectivity index (χ2n) is 5.39. The van der Waals surface area contributed by atoms with Crippen LogP contribution < -0.4 is 5.32 Å². The maximum atomic E-state index is 9.33. The topological polar surface area (TPSA) is 35.5 Å². The Bertz CT molecular complexity index is 373. The minimum atomic E-state index is 0.100. The minimum Gasteiger partial charge on any atom is -0.392 e. The van der Waals surface area contributed by atoms with Crippen LogP contribution in [0.25, 0.3) is 0 Å². The molecule has 0 amide bonds. The molecule has 1 heterocycles. The first-order valence-electron chi connectivity index (χ1n) is 6.84. The van der Waals surface area contributed by atoms with Crippen molar-refractivity contribution in [2.24, 2.45) is 5.92 Å². The van der Waals surface area contributed by atoms with Crippen molar-refractivity contribution in [1.82, 2.24) is 4.90 Å². The summed E-state index contributed by atoms with van der Waals surface area (Å²) in [6, 6.07) is 8.48. The first-order valence-corrected chi connectivity index (χ1v) is 6.84. The highest BCUT2D eigenvalue weighted by Gasteiger charge is 2.22. The lowest BCUT2D eigenvalue weighted by atomic mass is 9.90. The van der Waals surface area contributed by atoms with E-state index in [1.54, 1.807) is 0 Å². The van der Waals surface area contributed by atoms with Gasteiger partial charge in [-0.05, 0) is 51.9 Å².